The van der Waals surface area contributed by atoms with Gasteiger partial charge in [-0.05, 0) is 206 Å². The molecule has 0 amide bonds. The maximum atomic E-state index is 14.4. The molecule has 10 aromatic carbocycles. The average molecular weight is 937 g/mol. The Balaban J connectivity index is 0.852. The van der Waals surface area contributed by atoms with Crippen LogP contribution < -0.4 is 0 Å². The molecule has 13 rings (SSSR count). The van der Waals surface area contributed by atoms with Gasteiger partial charge in [0, 0.05) is 16.2 Å². The molecule has 0 bridgehead atoms. The van der Waals surface area contributed by atoms with Crippen molar-refractivity contribution < 1.29 is 13.2 Å². The van der Waals surface area contributed by atoms with Crippen LogP contribution in [0.5, 0.6) is 0 Å². The summed E-state index contributed by atoms with van der Waals surface area (Å²) < 4.78 is 43.3. The molecule has 10 aromatic rings. The van der Waals surface area contributed by atoms with Crippen LogP contribution in [0, 0.1) is 17.5 Å². The van der Waals surface area contributed by atoms with E-state index in [1.165, 1.54) is 33.4 Å². The van der Waals surface area contributed by atoms with Crippen molar-refractivity contribution in [2.24, 2.45) is 0 Å². The zero-order valence-corrected chi connectivity index (χ0v) is 41.2. The van der Waals surface area contributed by atoms with Crippen molar-refractivity contribution in [3.8, 4) is 100 Å². The lowest BCUT2D eigenvalue weighted by Crippen LogP contribution is -2.15. The van der Waals surface area contributed by atoms with Crippen LogP contribution in [0.4, 0.5) is 13.2 Å². The maximum Gasteiger partial charge on any atom is 0.123 e. The fourth-order valence-electron chi connectivity index (χ4n) is 12.4. The largest absolute Gasteiger partial charge is 0.207 e. The standard InChI is InChI=1S/C69H51F3/c1-67(2)61-34-46(19-25-55(61)58-28-22-52(70)37-64(58)67)40-7-13-43(14-8-40)49-31-50(44-15-9-41(10-16-44)47-20-26-56-59-29-23-53(71)38-65(59)68(3,4)62(56)35-47)33-51(32-49)45-17-11-42(12-18-45)48-21-27-57-60-30-24-54(72)39-66(60)69(5,6)63(57)36-48/h7-39H,1-6H3. The van der Waals surface area contributed by atoms with Gasteiger partial charge in [-0.15, -0.1) is 0 Å². The van der Waals surface area contributed by atoms with Gasteiger partial charge in [0.15, 0.2) is 0 Å². The number of rotatable bonds is 6. The van der Waals surface area contributed by atoms with Gasteiger partial charge in [-0.25, -0.2) is 13.2 Å². The molecule has 0 saturated heterocycles. The predicted octanol–water partition coefficient (Wildman–Crippen LogP) is 19.0. The van der Waals surface area contributed by atoms with Crippen LogP contribution in [-0.2, 0) is 16.2 Å². The van der Waals surface area contributed by atoms with Crippen molar-refractivity contribution in [3.63, 3.8) is 0 Å². The fourth-order valence-corrected chi connectivity index (χ4v) is 12.4. The molecule has 0 fully saturated rings. The van der Waals surface area contributed by atoms with Gasteiger partial charge in [-0.3, -0.25) is 0 Å². The van der Waals surface area contributed by atoms with Crippen LogP contribution in [0.2, 0.25) is 0 Å². The maximum absolute atomic E-state index is 14.4. The lowest BCUT2D eigenvalue weighted by molar-refractivity contribution is 0.609. The Morgan fingerprint density at radius 3 is 0.611 bits per heavy atom. The fraction of sp³-hybridized carbons (Fsp3) is 0.130. The van der Waals surface area contributed by atoms with Crippen molar-refractivity contribution in [3.05, 3.63) is 251 Å². The topological polar surface area (TPSA) is 0 Å². The Morgan fingerprint density at radius 2 is 0.375 bits per heavy atom. The van der Waals surface area contributed by atoms with E-state index in [2.05, 4.69) is 187 Å². The van der Waals surface area contributed by atoms with Crippen LogP contribution in [0.25, 0.3) is 100 Å². The molecule has 0 nitrogen and oxygen atoms in total. The van der Waals surface area contributed by atoms with E-state index in [1.54, 1.807) is 36.4 Å². The molecule has 0 aliphatic heterocycles. The highest BCUT2D eigenvalue weighted by molar-refractivity contribution is 5.88. The predicted molar refractivity (Wildman–Crippen MR) is 292 cm³/mol. The molecule has 0 saturated carbocycles. The number of hydrogen-bond donors (Lipinski definition) is 0. The SMILES string of the molecule is CC1(C)c2cc(F)ccc2-c2ccc(-c3ccc(-c4cc(-c5ccc(-c6ccc7c(c6)C(C)(C)c6cc(F)ccc6-7)cc5)cc(-c5ccc(-c6ccc7c(c6)C(C)(C)c6cc(F)ccc6-7)cc5)c4)cc3)cc21. The van der Waals surface area contributed by atoms with Gasteiger partial charge in [0.25, 0.3) is 0 Å². The number of benzene rings is 10. The molecule has 348 valence electrons. The van der Waals surface area contributed by atoms with Crippen LogP contribution in [0.3, 0.4) is 0 Å². The van der Waals surface area contributed by atoms with Crippen LogP contribution >= 0.6 is 0 Å². The Kier molecular flexibility index (Phi) is 9.62. The lowest BCUT2D eigenvalue weighted by Gasteiger charge is -2.22. The molecule has 0 heterocycles. The Hall–Kier alpha value is -8.01. The molecular weight excluding hydrogens is 886 g/mol. The van der Waals surface area contributed by atoms with Crippen LogP contribution in [0.15, 0.2) is 200 Å². The van der Waals surface area contributed by atoms with Gasteiger partial charge < -0.3 is 0 Å². The van der Waals surface area contributed by atoms with Crippen molar-refractivity contribution in [2.75, 3.05) is 0 Å². The molecule has 0 N–H and O–H groups in total. The summed E-state index contributed by atoms with van der Waals surface area (Å²) in [5.41, 5.74) is 26.1. The second-order valence-electron chi connectivity index (χ2n) is 21.8. The average Bonchev–Trinajstić information content (AvgIpc) is 3.86. The van der Waals surface area contributed by atoms with E-state index in [1.807, 2.05) is 18.2 Å². The van der Waals surface area contributed by atoms with Gasteiger partial charge in [-0.2, -0.15) is 0 Å². The smallest absolute Gasteiger partial charge is 0.123 e. The molecule has 3 aliphatic rings. The van der Waals surface area contributed by atoms with E-state index >= 15 is 0 Å². The summed E-state index contributed by atoms with van der Waals surface area (Å²) in [6.07, 6.45) is 0. The molecule has 0 spiro atoms. The molecule has 0 aromatic heterocycles. The van der Waals surface area contributed by atoms with Gasteiger partial charge >= 0.3 is 0 Å². The van der Waals surface area contributed by atoms with Crippen molar-refractivity contribution in [1.82, 2.24) is 0 Å². The zero-order chi connectivity index (χ0) is 49.4. The van der Waals surface area contributed by atoms with Gasteiger partial charge in [0.1, 0.15) is 17.5 Å². The van der Waals surface area contributed by atoms with Crippen LogP contribution in [-0.4, -0.2) is 0 Å². The second-order valence-corrected chi connectivity index (χ2v) is 21.8. The normalized spacial score (nSPS) is 14.8. The second kappa shape index (κ2) is 15.7. The quantitative estimate of drug-likeness (QED) is 0.156. The first-order valence-electron chi connectivity index (χ1n) is 24.9. The first-order chi connectivity index (χ1) is 34.6. The Labute approximate surface area is 420 Å². The summed E-state index contributed by atoms with van der Waals surface area (Å²) in [7, 11) is 0. The van der Waals surface area contributed by atoms with E-state index in [0.717, 1.165) is 100 Å². The number of halogens is 3. The van der Waals surface area contributed by atoms with Crippen LogP contribution in [0.1, 0.15) is 74.9 Å². The third kappa shape index (κ3) is 6.81. The lowest BCUT2D eigenvalue weighted by atomic mass is 9.81. The molecule has 72 heavy (non-hydrogen) atoms. The Bertz CT molecular complexity index is 3470. The first-order valence-corrected chi connectivity index (χ1v) is 24.9. The van der Waals surface area contributed by atoms with E-state index in [0.29, 0.717) is 0 Å². The molecule has 0 atom stereocenters. The van der Waals surface area contributed by atoms with Gasteiger partial charge in [-0.1, -0.05) is 169 Å². The highest BCUT2D eigenvalue weighted by Crippen LogP contribution is 2.53. The summed E-state index contributed by atoms with van der Waals surface area (Å²) in [5, 5.41) is 0. The van der Waals surface area contributed by atoms with Gasteiger partial charge in [0.2, 0.25) is 0 Å². The van der Waals surface area contributed by atoms with Crippen molar-refractivity contribution >= 4 is 0 Å². The summed E-state index contributed by atoms with van der Waals surface area (Å²) in [6, 6.07) is 68.9. The highest BCUT2D eigenvalue weighted by Gasteiger charge is 2.38. The minimum Gasteiger partial charge on any atom is -0.207 e. The minimum atomic E-state index is -0.311. The first kappa shape index (κ1) is 44.0. The van der Waals surface area contributed by atoms with E-state index < -0.39 is 0 Å². The summed E-state index contributed by atoms with van der Waals surface area (Å²) in [6.45, 7) is 13.1. The summed E-state index contributed by atoms with van der Waals surface area (Å²) in [5.74, 6) is -0.613. The molecule has 3 aliphatic carbocycles. The van der Waals surface area contributed by atoms with Gasteiger partial charge in [0.05, 0.1) is 0 Å². The highest BCUT2D eigenvalue weighted by atomic mass is 19.1. The number of hydrogen-bond acceptors (Lipinski definition) is 0. The molecule has 0 unspecified atom stereocenters. The molecular formula is C69H51F3. The molecule has 0 radical (unpaired) electrons. The monoisotopic (exact) mass is 936 g/mol. The third-order valence-electron chi connectivity index (χ3n) is 16.5. The molecule has 3 heteroatoms. The summed E-state index contributed by atoms with van der Waals surface area (Å²) >= 11 is 0. The zero-order valence-electron chi connectivity index (χ0n) is 41.2. The Morgan fingerprint density at radius 1 is 0.194 bits per heavy atom. The van der Waals surface area contributed by atoms with Crippen molar-refractivity contribution in [1.29, 1.82) is 0 Å². The van der Waals surface area contributed by atoms with Crippen molar-refractivity contribution in [2.45, 2.75) is 57.8 Å². The van der Waals surface area contributed by atoms with E-state index in [4.69, 9.17) is 0 Å². The van der Waals surface area contributed by atoms with E-state index in [9.17, 15) is 13.2 Å². The van der Waals surface area contributed by atoms with E-state index in [-0.39, 0.29) is 33.7 Å². The minimum absolute atomic E-state index is 0.204. The third-order valence-corrected chi connectivity index (χ3v) is 16.5. The summed E-state index contributed by atoms with van der Waals surface area (Å²) in [4.78, 5) is 0. The number of fused-ring (bicyclic) bond motifs is 9.